The average Bonchev–Trinajstić information content (AvgIpc) is 3.06. The Morgan fingerprint density at radius 1 is 1.17 bits per heavy atom. The molecule has 1 heterocycles. The molecule has 0 fully saturated rings. The number of nitrogens with zero attached hydrogens (tertiary/aromatic N) is 3. The number of hydrogen-bond acceptors (Lipinski definition) is 6. The Morgan fingerprint density at radius 3 is 2.54 bits per heavy atom. The van der Waals surface area contributed by atoms with Crippen molar-refractivity contribution in [1.82, 2.24) is 4.98 Å². The first-order chi connectivity index (χ1) is 11.6. The van der Waals surface area contributed by atoms with Gasteiger partial charge in [-0.2, -0.15) is 5.10 Å². The molecule has 1 N–H and O–H groups in total. The summed E-state index contributed by atoms with van der Waals surface area (Å²) in [6.45, 7) is 0. The van der Waals surface area contributed by atoms with Crippen molar-refractivity contribution in [1.29, 1.82) is 0 Å². The summed E-state index contributed by atoms with van der Waals surface area (Å²) in [5.74, 6) is 0. The Bertz CT molecular complexity index is 876. The molecule has 0 saturated heterocycles. The summed E-state index contributed by atoms with van der Waals surface area (Å²) in [4.78, 5) is 14.6. The lowest BCUT2D eigenvalue weighted by atomic mass is 10.1. The van der Waals surface area contributed by atoms with Gasteiger partial charge in [-0.1, -0.05) is 23.7 Å². The Labute approximate surface area is 146 Å². The van der Waals surface area contributed by atoms with Gasteiger partial charge in [0.05, 0.1) is 16.8 Å². The fraction of sp³-hybridized carbons (Fsp3) is 0. The normalized spacial score (nSPS) is 10.9. The fourth-order valence-corrected chi connectivity index (χ4v) is 2.72. The molecule has 6 nitrogen and oxygen atoms in total. The Balaban J connectivity index is 1.67. The summed E-state index contributed by atoms with van der Waals surface area (Å²) < 4.78 is 0. The summed E-state index contributed by atoms with van der Waals surface area (Å²) in [5, 5.41) is 18.0. The molecule has 120 valence electrons. The van der Waals surface area contributed by atoms with Crippen molar-refractivity contribution in [2.24, 2.45) is 5.10 Å². The molecule has 0 unspecified atom stereocenters. The lowest BCUT2D eigenvalue weighted by Gasteiger charge is -1.97. The number of nitro benzene ring substituents is 1. The van der Waals surface area contributed by atoms with Crippen LogP contribution in [0.3, 0.4) is 0 Å². The van der Waals surface area contributed by atoms with Gasteiger partial charge >= 0.3 is 0 Å². The highest BCUT2D eigenvalue weighted by Gasteiger charge is 2.07. The fourth-order valence-electron chi connectivity index (χ4n) is 1.92. The summed E-state index contributed by atoms with van der Waals surface area (Å²) >= 11 is 7.23. The Hall–Kier alpha value is -2.77. The van der Waals surface area contributed by atoms with Gasteiger partial charge in [-0.25, -0.2) is 4.98 Å². The molecule has 0 aliphatic rings. The number of non-ortho nitro benzene ring substituents is 1. The lowest BCUT2D eigenvalue weighted by molar-refractivity contribution is -0.384. The maximum Gasteiger partial charge on any atom is 0.269 e. The van der Waals surface area contributed by atoms with Gasteiger partial charge in [0.1, 0.15) is 0 Å². The van der Waals surface area contributed by atoms with Crippen LogP contribution in [-0.2, 0) is 0 Å². The van der Waals surface area contributed by atoms with Crippen LogP contribution in [0.4, 0.5) is 10.8 Å². The predicted octanol–water partition coefficient (Wildman–Crippen LogP) is 4.82. The van der Waals surface area contributed by atoms with Crippen LogP contribution >= 0.6 is 22.9 Å². The molecule has 0 saturated carbocycles. The number of nitrogens with one attached hydrogen (secondary N) is 1. The highest BCUT2D eigenvalue weighted by atomic mass is 35.5. The molecule has 1 aromatic heterocycles. The van der Waals surface area contributed by atoms with Crippen LogP contribution in [0, 0.1) is 10.1 Å². The summed E-state index contributed by atoms with van der Waals surface area (Å²) in [6, 6.07) is 13.6. The number of hydrazone groups is 1. The van der Waals surface area contributed by atoms with E-state index in [2.05, 4.69) is 15.5 Å². The number of thiazole rings is 1. The van der Waals surface area contributed by atoms with Crippen LogP contribution in [0.1, 0.15) is 5.56 Å². The molecular formula is C16H11ClN4O2S. The molecule has 3 aromatic rings. The molecule has 0 atom stereocenters. The number of hydrogen-bond donors (Lipinski definition) is 1. The minimum absolute atomic E-state index is 0.0555. The van der Waals surface area contributed by atoms with Crippen LogP contribution in [-0.4, -0.2) is 16.1 Å². The van der Waals surface area contributed by atoms with Crippen molar-refractivity contribution < 1.29 is 4.92 Å². The molecule has 8 heteroatoms. The van der Waals surface area contributed by atoms with E-state index in [0.29, 0.717) is 10.2 Å². The standard InChI is InChI=1S/C16H11ClN4O2S/c17-13-5-1-11(2-6-13)9-18-20-16-19-15(10-24-16)12-3-7-14(8-4-12)21(22)23/h1-10H,(H,19,20)/b18-9+. The first-order valence-corrected chi connectivity index (χ1v) is 8.12. The third kappa shape index (κ3) is 3.95. The second-order valence-corrected chi connectivity index (χ2v) is 6.06. The van der Waals surface area contributed by atoms with E-state index < -0.39 is 4.92 Å². The van der Waals surface area contributed by atoms with E-state index in [-0.39, 0.29) is 5.69 Å². The number of aromatic nitrogens is 1. The molecule has 2 aromatic carbocycles. The van der Waals surface area contributed by atoms with Gasteiger partial charge in [-0.3, -0.25) is 15.5 Å². The first-order valence-electron chi connectivity index (χ1n) is 6.87. The summed E-state index contributed by atoms with van der Waals surface area (Å²) in [7, 11) is 0. The smallest absolute Gasteiger partial charge is 0.258 e. The summed E-state index contributed by atoms with van der Waals surface area (Å²) in [5.41, 5.74) is 5.38. The van der Waals surface area contributed by atoms with Crippen molar-refractivity contribution in [2.75, 3.05) is 5.43 Å². The zero-order valence-electron chi connectivity index (χ0n) is 12.2. The van der Waals surface area contributed by atoms with Gasteiger partial charge in [0, 0.05) is 28.1 Å². The van der Waals surface area contributed by atoms with Crippen LogP contribution in [0.2, 0.25) is 5.02 Å². The van der Waals surface area contributed by atoms with Gasteiger partial charge in [-0.15, -0.1) is 11.3 Å². The van der Waals surface area contributed by atoms with Crippen molar-refractivity contribution in [3.8, 4) is 11.3 Å². The van der Waals surface area contributed by atoms with Crippen molar-refractivity contribution >= 4 is 40.0 Å². The number of benzene rings is 2. The lowest BCUT2D eigenvalue weighted by Crippen LogP contribution is -1.90. The highest BCUT2D eigenvalue weighted by Crippen LogP contribution is 2.26. The second-order valence-electron chi connectivity index (χ2n) is 4.76. The number of anilines is 1. The van der Waals surface area contributed by atoms with Crippen molar-refractivity contribution in [3.63, 3.8) is 0 Å². The van der Waals surface area contributed by atoms with E-state index in [1.165, 1.54) is 23.5 Å². The topological polar surface area (TPSA) is 80.4 Å². The van der Waals surface area contributed by atoms with Crippen LogP contribution in [0.15, 0.2) is 59.0 Å². The predicted molar refractivity (Wildman–Crippen MR) is 96.9 cm³/mol. The van der Waals surface area contributed by atoms with Gasteiger partial charge in [0.25, 0.3) is 5.69 Å². The zero-order valence-corrected chi connectivity index (χ0v) is 13.8. The second kappa shape index (κ2) is 7.20. The van der Waals surface area contributed by atoms with Crippen LogP contribution in [0.5, 0.6) is 0 Å². The van der Waals surface area contributed by atoms with E-state index in [0.717, 1.165) is 16.8 Å². The zero-order chi connectivity index (χ0) is 16.9. The van der Waals surface area contributed by atoms with Crippen molar-refractivity contribution in [2.45, 2.75) is 0 Å². The Morgan fingerprint density at radius 2 is 1.88 bits per heavy atom. The minimum Gasteiger partial charge on any atom is -0.258 e. The van der Waals surface area contributed by atoms with Gasteiger partial charge in [0.15, 0.2) is 0 Å². The minimum atomic E-state index is -0.427. The molecular weight excluding hydrogens is 348 g/mol. The van der Waals surface area contributed by atoms with Gasteiger partial charge < -0.3 is 0 Å². The van der Waals surface area contributed by atoms with Crippen LogP contribution < -0.4 is 5.43 Å². The Kier molecular flexibility index (Phi) is 4.83. The molecule has 0 aliphatic carbocycles. The van der Waals surface area contributed by atoms with E-state index in [1.54, 1.807) is 30.5 Å². The number of rotatable bonds is 5. The van der Waals surface area contributed by atoms with Crippen molar-refractivity contribution in [3.05, 3.63) is 74.6 Å². The van der Waals surface area contributed by atoms with E-state index in [4.69, 9.17) is 11.6 Å². The molecule has 0 spiro atoms. The quantitative estimate of drug-likeness (QED) is 0.403. The molecule has 0 aliphatic heterocycles. The monoisotopic (exact) mass is 358 g/mol. The van der Waals surface area contributed by atoms with Crippen LogP contribution in [0.25, 0.3) is 11.3 Å². The van der Waals surface area contributed by atoms with E-state index in [1.807, 2.05) is 17.5 Å². The molecule has 3 rings (SSSR count). The third-order valence-electron chi connectivity index (χ3n) is 3.12. The van der Waals surface area contributed by atoms with Gasteiger partial charge in [0.2, 0.25) is 5.13 Å². The number of nitro groups is 1. The maximum absolute atomic E-state index is 10.7. The summed E-state index contributed by atoms with van der Waals surface area (Å²) in [6.07, 6.45) is 1.67. The molecule has 0 bridgehead atoms. The molecule has 0 amide bonds. The molecule has 0 radical (unpaired) electrons. The SMILES string of the molecule is O=[N+]([O-])c1ccc(-c2csc(N/N=C/c3ccc(Cl)cc3)n2)cc1. The number of halogens is 1. The third-order valence-corrected chi connectivity index (χ3v) is 4.12. The van der Waals surface area contributed by atoms with Gasteiger partial charge in [-0.05, 0) is 29.8 Å². The van der Waals surface area contributed by atoms with E-state index >= 15 is 0 Å². The largest absolute Gasteiger partial charge is 0.269 e. The molecule has 24 heavy (non-hydrogen) atoms. The maximum atomic E-state index is 10.7. The van der Waals surface area contributed by atoms with E-state index in [9.17, 15) is 10.1 Å². The average molecular weight is 359 g/mol. The highest BCUT2D eigenvalue weighted by molar-refractivity contribution is 7.14. The first kappa shape index (κ1) is 16.1.